The minimum Gasteiger partial charge on any atom is -0.504 e. The van der Waals surface area contributed by atoms with E-state index in [2.05, 4.69) is 26.3 Å². The molecule has 0 spiro atoms. The van der Waals surface area contributed by atoms with Gasteiger partial charge in [0.05, 0.1) is 0 Å². The van der Waals surface area contributed by atoms with Gasteiger partial charge in [-0.1, -0.05) is 18.2 Å². The molecule has 9 nitrogen and oxygen atoms in total. The van der Waals surface area contributed by atoms with E-state index in [1.165, 1.54) is 0 Å². The van der Waals surface area contributed by atoms with Crippen molar-refractivity contribution in [3.05, 3.63) is 58.4 Å². The van der Waals surface area contributed by atoms with Crippen LogP contribution in [-0.2, 0) is 11.3 Å². The third kappa shape index (κ3) is 5.75. The zero-order chi connectivity index (χ0) is 25.8. The van der Waals surface area contributed by atoms with Gasteiger partial charge in [0.25, 0.3) is 0 Å². The molecule has 0 saturated carbocycles. The number of nitrogens with one attached hydrogen (secondary N) is 1. The highest BCUT2D eigenvalue weighted by molar-refractivity contribution is 6.00. The molecule has 0 amide bonds. The second kappa shape index (κ2) is 10.9. The summed E-state index contributed by atoms with van der Waals surface area (Å²) in [6, 6.07) is 6.03. The van der Waals surface area contributed by atoms with Crippen molar-refractivity contribution in [1.82, 2.24) is 9.80 Å². The Morgan fingerprint density at radius 3 is 2.75 bits per heavy atom. The number of esters is 1. The highest BCUT2D eigenvalue weighted by Crippen LogP contribution is 2.39. The SMILES string of the molecule is Cc1cc(CN(C)C)ccc1Nc1oc(C=C2C=NC3N=CC=CC23)c(O)c1C(=O)OCCN(C)C. The summed E-state index contributed by atoms with van der Waals surface area (Å²) in [6.07, 6.45) is 8.81. The predicted molar refractivity (Wildman–Crippen MR) is 142 cm³/mol. The lowest BCUT2D eigenvalue weighted by molar-refractivity contribution is 0.0479. The number of aliphatic imine (C=N–C) groups is 2. The van der Waals surface area contributed by atoms with Gasteiger partial charge in [-0.3, -0.25) is 9.98 Å². The van der Waals surface area contributed by atoms with Crippen LogP contribution in [0.15, 0.2) is 50.3 Å². The molecule has 190 valence electrons. The molecule has 36 heavy (non-hydrogen) atoms. The first-order valence-electron chi connectivity index (χ1n) is 11.9. The Morgan fingerprint density at radius 2 is 2.03 bits per heavy atom. The van der Waals surface area contributed by atoms with Crippen molar-refractivity contribution in [3.8, 4) is 5.75 Å². The second-order valence-corrected chi connectivity index (χ2v) is 9.52. The molecule has 3 heterocycles. The number of ether oxygens (including phenoxy) is 1. The molecule has 0 radical (unpaired) electrons. The van der Waals surface area contributed by atoms with Gasteiger partial charge in [0, 0.05) is 37.1 Å². The number of nitrogens with zero attached hydrogens (tertiary/aromatic N) is 4. The number of rotatable bonds is 9. The molecule has 9 heteroatoms. The van der Waals surface area contributed by atoms with Gasteiger partial charge in [0.2, 0.25) is 5.88 Å². The van der Waals surface area contributed by atoms with Crippen LogP contribution in [0, 0.1) is 12.8 Å². The maximum atomic E-state index is 13.0. The van der Waals surface area contributed by atoms with E-state index in [1.807, 2.05) is 64.3 Å². The molecule has 0 saturated heterocycles. The van der Waals surface area contributed by atoms with E-state index in [0.29, 0.717) is 6.54 Å². The first kappa shape index (κ1) is 25.4. The number of hydrogen-bond acceptors (Lipinski definition) is 9. The molecular formula is C27H33N5O4. The minimum atomic E-state index is -0.660. The molecule has 1 aromatic carbocycles. The molecule has 2 unspecified atom stereocenters. The summed E-state index contributed by atoms with van der Waals surface area (Å²) in [5.41, 5.74) is 3.70. The van der Waals surface area contributed by atoms with Crippen molar-refractivity contribution in [1.29, 1.82) is 0 Å². The summed E-state index contributed by atoms with van der Waals surface area (Å²) < 4.78 is 11.4. The maximum Gasteiger partial charge on any atom is 0.347 e. The van der Waals surface area contributed by atoms with Crippen molar-refractivity contribution in [2.75, 3.05) is 46.7 Å². The lowest BCUT2D eigenvalue weighted by atomic mass is 9.97. The van der Waals surface area contributed by atoms with E-state index in [1.54, 1.807) is 18.5 Å². The lowest BCUT2D eigenvalue weighted by Crippen LogP contribution is -2.20. The summed E-state index contributed by atoms with van der Waals surface area (Å²) in [7, 11) is 7.82. The van der Waals surface area contributed by atoms with Crippen LogP contribution in [-0.4, -0.2) is 80.8 Å². The largest absolute Gasteiger partial charge is 0.504 e. The van der Waals surface area contributed by atoms with Crippen LogP contribution < -0.4 is 5.32 Å². The molecule has 2 aromatic rings. The number of carbonyl (C=O) groups excluding carboxylic acids is 1. The lowest BCUT2D eigenvalue weighted by Gasteiger charge is -2.14. The third-order valence-corrected chi connectivity index (χ3v) is 5.95. The van der Waals surface area contributed by atoms with Gasteiger partial charge >= 0.3 is 5.97 Å². The highest BCUT2D eigenvalue weighted by atomic mass is 16.5. The van der Waals surface area contributed by atoms with Crippen LogP contribution in [0.25, 0.3) is 6.08 Å². The van der Waals surface area contributed by atoms with E-state index in [4.69, 9.17) is 9.15 Å². The van der Waals surface area contributed by atoms with Gasteiger partial charge in [-0.25, -0.2) is 4.79 Å². The first-order chi connectivity index (χ1) is 17.2. The molecule has 2 N–H and O–H groups in total. The van der Waals surface area contributed by atoms with E-state index in [0.717, 1.165) is 28.9 Å². The van der Waals surface area contributed by atoms with Gasteiger partial charge in [-0.05, 0) is 70.0 Å². The summed E-state index contributed by atoms with van der Waals surface area (Å²) in [5.74, 6) is -0.697. The molecule has 1 aromatic heterocycles. The van der Waals surface area contributed by atoms with Crippen LogP contribution in [0.4, 0.5) is 11.6 Å². The van der Waals surface area contributed by atoms with Crippen LogP contribution in [0.2, 0.25) is 0 Å². The Morgan fingerprint density at radius 1 is 1.22 bits per heavy atom. The number of hydrogen-bond donors (Lipinski definition) is 2. The zero-order valence-corrected chi connectivity index (χ0v) is 21.4. The average Bonchev–Trinajstić information content (AvgIpc) is 3.36. The van der Waals surface area contributed by atoms with Crippen molar-refractivity contribution in [2.24, 2.45) is 15.9 Å². The number of aromatic hydroxyl groups is 1. The maximum absolute atomic E-state index is 13.0. The van der Waals surface area contributed by atoms with Crippen LogP contribution >= 0.6 is 0 Å². The van der Waals surface area contributed by atoms with E-state index in [9.17, 15) is 9.90 Å². The minimum absolute atomic E-state index is 0.0407. The normalized spacial score (nSPS) is 19.5. The molecule has 2 aliphatic heterocycles. The number of fused-ring (bicyclic) bond motifs is 1. The monoisotopic (exact) mass is 491 g/mol. The quantitative estimate of drug-likeness (QED) is 0.514. The summed E-state index contributed by atoms with van der Waals surface area (Å²) >= 11 is 0. The molecule has 0 bridgehead atoms. The smallest absolute Gasteiger partial charge is 0.347 e. The molecule has 2 aliphatic rings. The average molecular weight is 492 g/mol. The zero-order valence-electron chi connectivity index (χ0n) is 21.4. The van der Waals surface area contributed by atoms with E-state index < -0.39 is 5.97 Å². The molecular weight excluding hydrogens is 458 g/mol. The Bertz CT molecular complexity index is 1240. The van der Waals surface area contributed by atoms with E-state index in [-0.39, 0.29) is 41.6 Å². The standard InChI is InChI=1S/C27H33N5O4/c1-17-13-18(16-32(4)5)8-9-21(17)30-26-23(27(34)35-12-11-31(2)3)24(33)22(36-26)14-19-15-29-25-20(19)7-6-10-28-25/h6-10,13-15,20,25,30,33H,11-12,16H2,1-5H3. The summed E-state index contributed by atoms with van der Waals surface area (Å²) in [4.78, 5) is 25.8. The molecule has 0 fully saturated rings. The Kier molecular flexibility index (Phi) is 7.71. The van der Waals surface area contributed by atoms with Crippen LogP contribution in [0.5, 0.6) is 5.75 Å². The third-order valence-electron chi connectivity index (χ3n) is 5.95. The topological polar surface area (TPSA) is 103 Å². The van der Waals surface area contributed by atoms with Crippen molar-refractivity contribution in [2.45, 2.75) is 19.6 Å². The van der Waals surface area contributed by atoms with Crippen molar-refractivity contribution >= 4 is 36.0 Å². The summed E-state index contributed by atoms with van der Waals surface area (Å²) in [5, 5.41) is 14.2. The van der Waals surface area contributed by atoms with Gasteiger partial charge in [0.1, 0.15) is 12.8 Å². The number of aryl methyl sites for hydroxylation is 1. The van der Waals surface area contributed by atoms with Gasteiger partial charge < -0.3 is 29.4 Å². The van der Waals surface area contributed by atoms with Gasteiger partial charge in [-0.15, -0.1) is 0 Å². The molecule has 0 aliphatic carbocycles. The second-order valence-electron chi connectivity index (χ2n) is 9.52. The van der Waals surface area contributed by atoms with Crippen LogP contribution in [0.1, 0.15) is 27.2 Å². The summed E-state index contributed by atoms with van der Waals surface area (Å²) in [6.45, 7) is 3.53. The van der Waals surface area contributed by atoms with Crippen molar-refractivity contribution < 1.29 is 19.1 Å². The van der Waals surface area contributed by atoms with Gasteiger partial charge in [-0.2, -0.15) is 0 Å². The fraction of sp³-hybridized carbons (Fsp3) is 0.370. The Hall–Kier alpha value is -3.69. The fourth-order valence-corrected chi connectivity index (χ4v) is 4.11. The Labute approximate surface area is 211 Å². The number of allylic oxidation sites excluding steroid dienone is 1. The fourth-order valence-electron chi connectivity index (χ4n) is 4.11. The number of anilines is 2. The highest BCUT2D eigenvalue weighted by Gasteiger charge is 2.30. The number of furan rings is 1. The number of benzene rings is 1. The molecule has 2 atom stereocenters. The first-order valence-corrected chi connectivity index (χ1v) is 11.9. The van der Waals surface area contributed by atoms with E-state index >= 15 is 0 Å². The number of dihydropyridines is 1. The molecule has 4 rings (SSSR count). The number of likely N-dealkylation sites (N-methyl/N-ethyl adjacent to an activating group) is 1. The predicted octanol–water partition coefficient (Wildman–Crippen LogP) is 3.87. The number of carbonyl (C=O) groups is 1. The van der Waals surface area contributed by atoms with Gasteiger partial charge in [0.15, 0.2) is 17.1 Å². The Balaban J connectivity index is 1.66. The van der Waals surface area contributed by atoms with Crippen molar-refractivity contribution in [3.63, 3.8) is 0 Å². The van der Waals surface area contributed by atoms with Crippen LogP contribution in [0.3, 0.4) is 0 Å².